The molecule has 2 fully saturated rings. The molecule has 3 heterocycles. The van der Waals surface area contributed by atoms with Crippen LogP contribution in [0.3, 0.4) is 0 Å². The summed E-state index contributed by atoms with van der Waals surface area (Å²) < 4.78 is 38.8. The molecule has 16 nitrogen and oxygen atoms in total. The van der Waals surface area contributed by atoms with Gasteiger partial charge in [0.1, 0.15) is 64.8 Å². The summed E-state index contributed by atoms with van der Waals surface area (Å²) in [5.41, 5.74) is -0.827. The smallest absolute Gasteiger partial charge is 0.303 e. The zero-order valence-electron chi connectivity index (χ0n) is 24.7. The molecule has 7 N–H and O–H groups in total. The summed E-state index contributed by atoms with van der Waals surface area (Å²) in [6.07, 6.45) is -15.9. The van der Waals surface area contributed by atoms with Crippen LogP contribution in [-0.2, 0) is 23.7 Å². The standard InChI is InChI=1S/C30H34O16/c1-11-20(35)27(42-12(2)32)24(39)30(41-11)45-26-18(10-31)44-29(23(38)22(26)37)46-28-21(36)19-16(34)8-14(33)9-17(19)43-25(28)13-4-6-15(40-3)7-5-13/h4-9,11,18,20,22-24,26-27,29-31,33-35,37-39H,10H2,1-3H3/t11-,18+,20-,22+,23+,24+,26+,27+,29-,30-/m1/s1. The Kier molecular flexibility index (Phi) is 9.71. The van der Waals surface area contributed by atoms with Crippen molar-refractivity contribution >= 4 is 16.9 Å². The van der Waals surface area contributed by atoms with Crippen LogP contribution < -0.4 is 14.9 Å². The van der Waals surface area contributed by atoms with Crippen LogP contribution in [0.2, 0.25) is 0 Å². The molecule has 46 heavy (non-hydrogen) atoms. The van der Waals surface area contributed by atoms with Crippen molar-refractivity contribution < 1.29 is 73.4 Å². The summed E-state index contributed by atoms with van der Waals surface area (Å²) in [6, 6.07) is 8.22. The van der Waals surface area contributed by atoms with Crippen LogP contribution in [0.1, 0.15) is 13.8 Å². The van der Waals surface area contributed by atoms with Crippen molar-refractivity contribution in [1.29, 1.82) is 0 Å². The number of carbonyl (C=O) groups excluding carboxylic acids is 1. The molecule has 2 aromatic carbocycles. The van der Waals surface area contributed by atoms with E-state index < -0.39 is 90.9 Å². The summed E-state index contributed by atoms with van der Waals surface area (Å²) in [5, 5.41) is 73.4. The van der Waals surface area contributed by atoms with Gasteiger partial charge in [-0.05, 0) is 31.2 Å². The molecule has 0 bridgehead atoms. The average Bonchev–Trinajstić information content (AvgIpc) is 3.02. The topological polar surface area (TPSA) is 244 Å². The van der Waals surface area contributed by atoms with E-state index in [1.54, 1.807) is 12.1 Å². The van der Waals surface area contributed by atoms with Crippen LogP contribution in [0.25, 0.3) is 22.3 Å². The maximum Gasteiger partial charge on any atom is 0.303 e. The molecule has 5 rings (SSSR count). The summed E-state index contributed by atoms with van der Waals surface area (Å²) in [7, 11) is 1.45. The van der Waals surface area contributed by atoms with Gasteiger partial charge in [0.2, 0.25) is 17.5 Å². The van der Waals surface area contributed by atoms with E-state index in [1.165, 1.54) is 26.2 Å². The summed E-state index contributed by atoms with van der Waals surface area (Å²) in [5.74, 6) is -2.08. The molecule has 16 heteroatoms. The van der Waals surface area contributed by atoms with E-state index in [0.717, 1.165) is 19.1 Å². The Morgan fingerprint density at radius 3 is 2.24 bits per heavy atom. The molecule has 2 aliphatic heterocycles. The number of aromatic hydroxyl groups is 2. The number of phenols is 2. The Morgan fingerprint density at radius 2 is 1.61 bits per heavy atom. The van der Waals surface area contributed by atoms with Gasteiger partial charge in [0, 0.05) is 24.6 Å². The molecule has 2 saturated heterocycles. The van der Waals surface area contributed by atoms with Crippen LogP contribution in [0.5, 0.6) is 23.0 Å². The van der Waals surface area contributed by atoms with Gasteiger partial charge in [0.25, 0.3) is 0 Å². The third kappa shape index (κ3) is 6.33. The number of fused-ring (bicyclic) bond motifs is 1. The molecular formula is C30H34O16. The number of aliphatic hydroxyl groups is 5. The van der Waals surface area contributed by atoms with Gasteiger partial charge in [-0.25, -0.2) is 0 Å². The zero-order valence-corrected chi connectivity index (χ0v) is 24.7. The van der Waals surface area contributed by atoms with Gasteiger partial charge in [-0.3, -0.25) is 9.59 Å². The highest BCUT2D eigenvalue weighted by molar-refractivity contribution is 5.88. The summed E-state index contributed by atoms with van der Waals surface area (Å²) in [6.45, 7) is 1.68. The first-order valence-corrected chi connectivity index (χ1v) is 14.1. The third-order valence-corrected chi connectivity index (χ3v) is 7.70. The Bertz CT molecular complexity index is 1600. The highest BCUT2D eigenvalue weighted by Crippen LogP contribution is 2.38. The van der Waals surface area contributed by atoms with Crippen LogP contribution >= 0.6 is 0 Å². The number of ether oxygens (including phenoxy) is 6. The molecule has 250 valence electrons. The van der Waals surface area contributed by atoms with Gasteiger partial charge in [-0.1, -0.05) is 0 Å². The number of benzene rings is 2. The first-order valence-electron chi connectivity index (χ1n) is 14.1. The Labute approximate surface area is 260 Å². The molecule has 3 aromatic rings. The largest absolute Gasteiger partial charge is 0.508 e. The summed E-state index contributed by atoms with van der Waals surface area (Å²) in [4.78, 5) is 25.2. The predicted octanol–water partition coefficient (Wildman–Crippen LogP) is -0.519. The number of aliphatic hydroxyl groups excluding tert-OH is 5. The van der Waals surface area contributed by atoms with E-state index in [0.29, 0.717) is 5.75 Å². The normalized spacial score (nSPS) is 31.4. The maximum atomic E-state index is 13.7. The van der Waals surface area contributed by atoms with Gasteiger partial charge in [0.05, 0.1) is 19.8 Å². The number of methoxy groups -OCH3 is 1. The Morgan fingerprint density at radius 1 is 0.913 bits per heavy atom. The molecule has 0 spiro atoms. The number of esters is 1. The molecule has 0 unspecified atom stereocenters. The van der Waals surface area contributed by atoms with Crippen LogP contribution in [0, 0.1) is 0 Å². The fourth-order valence-corrected chi connectivity index (χ4v) is 5.34. The third-order valence-electron chi connectivity index (χ3n) is 7.70. The second-order valence-corrected chi connectivity index (χ2v) is 10.8. The number of hydrogen-bond donors (Lipinski definition) is 7. The van der Waals surface area contributed by atoms with Crippen molar-refractivity contribution in [2.75, 3.05) is 13.7 Å². The maximum absolute atomic E-state index is 13.7. The molecule has 0 amide bonds. The van der Waals surface area contributed by atoms with Gasteiger partial charge >= 0.3 is 5.97 Å². The number of carbonyl (C=O) groups is 1. The lowest BCUT2D eigenvalue weighted by molar-refractivity contribution is -0.349. The van der Waals surface area contributed by atoms with Gasteiger partial charge in [-0.15, -0.1) is 0 Å². The van der Waals surface area contributed by atoms with E-state index in [2.05, 4.69) is 0 Å². The Balaban J connectivity index is 1.46. The number of hydrogen-bond acceptors (Lipinski definition) is 16. The highest BCUT2D eigenvalue weighted by atomic mass is 16.7. The van der Waals surface area contributed by atoms with E-state index in [9.17, 15) is 45.3 Å². The number of rotatable bonds is 8. The van der Waals surface area contributed by atoms with Gasteiger partial charge in [-0.2, -0.15) is 0 Å². The van der Waals surface area contributed by atoms with Gasteiger partial charge < -0.3 is 68.6 Å². The average molecular weight is 651 g/mol. The van der Waals surface area contributed by atoms with Crippen molar-refractivity contribution in [2.45, 2.75) is 75.3 Å². The van der Waals surface area contributed by atoms with E-state index in [1.807, 2.05) is 0 Å². The van der Waals surface area contributed by atoms with Crippen molar-refractivity contribution in [2.24, 2.45) is 0 Å². The van der Waals surface area contributed by atoms with E-state index in [-0.39, 0.29) is 28.0 Å². The van der Waals surface area contributed by atoms with Crippen molar-refractivity contribution in [3.63, 3.8) is 0 Å². The van der Waals surface area contributed by atoms with E-state index in [4.69, 9.17) is 32.8 Å². The molecule has 0 saturated carbocycles. The van der Waals surface area contributed by atoms with Crippen LogP contribution in [0.4, 0.5) is 0 Å². The predicted molar refractivity (Wildman–Crippen MR) is 153 cm³/mol. The fraction of sp³-hybridized carbons (Fsp3) is 0.467. The van der Waals surface area contributed by atoms with Crippen molar-refractivity contribution in [3.05, 3.63) is 46.6 Å². The monoisotopic (exact) mass is 650 g/mol. The first kappa shape index (κ1) is 33.4. The molecule has 0 radical (unpaired) electrons. The SMILES string of the molecule is COc1ccc(-c2oc3cc(O)cc(O)c3c(=O)c2O[C@H]2O[C@@H](CO)[C@H](O[C@H]3O[C@H](C)[C@@H](O)[C@H](OC(C)=O)[C@@H]3O)[C@@H](O)[C@@H]2O)cc1. The second kappa shape index (κ2) is 13.4. The van der Waals surface area contributed by atoms with Crippen LogP contribution in [-0.4, -0.2) is 117 Å². The lowest BCUT2D eigenvalue weighted by atomic mass is 9.97. The first-order chi connectivity index (χ1) is 21.8. The fourth-order valence-electron chi connectivity index (χ4n) is 5.34. The Hall–Kier alpha value is -4.00. The minimum absolute atomic E-state index is 0.190. The lowest BCUT2D eigenvalue weighted by Crippen LogP contribution is -2.65. The minimum Gasteiger partial charge on any atom is -0.508 e. The van der Waals surface area contributed by atoms with Crippen molar-refractivity contribution in [1.82, 2.24) is 0 Å². The molecular weight excluding hydrogens is 616 g/mol. The lowest BCUT2D eigenvalue weighted by Gasteiger charge is -2.46. The van der Waals surface area contributed by atoms with Crippen LogP contribution in [0.15, 0.2) is 45.6 Å². The second-order valence-electron chi connectivity index (χ2n) is 10.8. The van der Waals surface area contributed by atoms with E-state index >= 15 is 0 Å². The number of phenolic OH excluding ortho intramolecular Hbond substituents is 2. The molecule has 1 aromatic heterocycles. The highest BCUT2D eigenvalue weighted by Gasteiger charge is 2.52. The van der Waals surface area contributed by atoms with Crippen molar-refractivity contribution in [3.8, 4) is 34.3 Å². The quantitative estimate of drug-likeness (QED) is 0.152. The zero-order chi connectivity index (χ0) is 33.4. The molecule has 10 atom stereocenters. The minimum atomic E-state index is -1.95. The summed E-state index contributed by atoms with van der Waals surface area (Å²) >= 11 is 0. The molecule has 0 aliphatic carbocycles. The van der Waals surface area contributed by atoms with Gasteiger partial charge in [0.15, 0.2) is 18.2 Å². The molecule has 2 aliphatic rings.